The second-order valence-electron chi connectivity index (χ2n) is 3.95. The molecule has 0 saturated carbocycles. The van der Waals surface area contributed by atoms with Crippen LogP contribution in [0.2, 0.25) is 0 Å². The second-order valence-corrected chi connectivity index (χ2v) is 3.95. The fourth-order valence-electron chi connectivity index (χ4n) is 1.04. The minimum atomic E-state index is -0.679. The Balaban J connectivity index is 3.65. The van der Waals surface area contributed by atoms with E-state index < -0.39 is 5.54 Å². The van der Waals surface area contributed by atoms with Gasteiger partial charge >= 0.3 is 0 Å². The van der Waals surface area contributed by atoms with Gasteiger partial charge in [0.2, 0.25) is 0 Å². The molecule has 0 radical (unpaired) electrons. The molecular formula is C10H21N3O. The van der Waals surface area contributed by atoms with Crippen LogP contribution in [0, 0.1) is 0 Å². The molecular weight excluding hydrogens is 178 g/mol. The average Bonchev–Trinajstić information content (AvgIpc) is 2.02. The Morgan fingerprint density at radius 2 is 1.93 bits per heavy atom. The molecule has 4 N–H and O–H groups in total. The number of hydrogen-bond donors (Lipinski definition) is 2. The van der Waals surface area contributed by atoms with Crippen molar-refractivity contribution in [3.63, 3.8) is 0 Å². The molecule has 0 spiro atoms. The molecule has 0 heterocycles. The van der Waals surface area contributed by atoms with Crippen LogP contribution >= 0.6 is 0 Å². The zero-order chi connectivity index (χ0) is 11.2. The lowest BCUT2D eigenvalue weighted by Crippen LogP contribution is -2.43. The van der Waals surface area contributed by atoms with Crippen LogP contribution in [0.15, 0.2) is 4.99 Å². The highest BCUT2D eigenvalue weighted by Crippen LogP contribution is 2.11. The third kappa shape index (κ3) is 5.70. The SMILES string of the molecule is CC(=O)C(C)(N)CCCCN=C(C)N. The second kappa shape index (κ2) is 5.75. The first-order chi connectivity index (χ1) is 6.36. The molecule has 14 heavy (non-hydrogen) atoms. The number of rotatable bonds is 6. The third-order valence-electron chi connectivity index (χ3n) is 2.27. The highest BCUT2D eigenvalue weighted by molar-refractivity contribution is 5.85. The lowest BCUT2D eigenvalue weighted by molar-refractivity contribution is -0.121. The number of nitrogens with zero attached hydrogens (tertiary/aromatic N) is 1. The van der Waals surface area contributed by atoms with Gasteiger partial charge in [-0.15, -0.1) is 0 Å². The van der Waals surface area contributed by atoms with Crippen LogP contribution in [0.25, 0.3) is 0 Å². The van der Waals surface area contributed by atoms with Crippen LogP contribution in [-0.4, -0.2) is 23.7 Å². The smallest absolute Gasteiger partial charge is 0.149 e. The highest BCUT2D eigenvalue weighted by atomic mass is 16.1. The van der Waals surface area contributed by atoms with Crippen LogP contribution in [0.4, 0.5) is 0 Å². The Morgan fingerprint density at radius 1 is 1.36 bits per heavy atom. The monoisotopic (exact) mass is 199 g/mol. The molecule has 1 unspecified atom stereocenters. The summed E-state index contributed by atoms with van der Waals surface area (Å²) in [5.41, 5.74) is 10.5. The summed E-state index contributed by atoms with van der Waals surface area (Å²) in [6.07, 6.45) is 2.54. The summed E-state index contributed by atoms with van der Waals surface area (Å²) in [7, 11) is 0. The Bertz CT molecular complexity index is 217. The summed E-state index contributed by atoms with van der Waals surface area (Å²) in [6, 6.07) is 0. The topological polar surface area (TPSA) is 81.5 Å². The zero-order valence-corrected chi connectivity index (χ0v) is 9.34. The number of nitrogens with two attached hydrogens (primary N) is 2. The van der Waals surface area contributed by atoms with Gasteiger partial charge in [-0.05, 0) is 40.0 Å². The van der Waals surface area contributed by atoms with Crippen molar-refractivity contribution < 1.29 is 4.79 Å². The van der Waals surface area contributed by atoms with E-state index in [0.29, 0.717) is 12.3 Å². The molecule has 0 bridgehead atoms. The number of Topliss-reactive ketones (excluding diaryl/α,β-unsaturated/α-hetero) is 1. The van der Waals surface area contributed by atoms with Gasteiger partial charge in [0, 0.05) is 6.54 Å². The number of ketones is 1. The quantitative estimate of drug-likeness (QED) is 0.378. The van der Waals surface area contributed by atoms with Crippen LogP contribution < -0.4 is 11.5 Å². The van der Waals surface area contributed by atoms with Gasteiger partial charge in [-0.1, -0.05) is 0 Å². The van der Waals surface area contributed by atoms with E-state index in [2.05, 4.69) is 4.99 Å². The molecule has 0 aromatic heterocycles. The van der Waals surface area contributed by atoms with Gasteiger partial charge in [-0.2, -0.15) is 0 Å². The van der Waals surface area contributed by atoms with Gasteiger partial charge in [-0.3, -0.25) is 9.79 Å². The maximum Gasteiger partial charge on any atom is 0.149 e. The summed E-state index contributed by atoms with van der Waals surface area (Å²) in [5, 5.41) is 0. The van der Waals surface area contributed by atoms with Gasteiger partial charge in [-0.25, -0.2) is 0 Å². The minimum Gasteiger partial charge on any atom is -0.388 e. The van der Waals surface area contributed by atoms with Crippen molar-refractivity contribution in [3.8, 4) is 0 Å². The molecule has 4 heteroatoms. The molecule has 0 aromatic carbocycles. The molecule has 0 aliphatic heterocycles. The van der Waals surface area contributed by atoms with E-state index in [1.165, 1.54) is 6.92 Å². The van der Waals surface area contributed by atoms with Crippen molar-refractivity contribution in [2.75, 3.05) is 6.54 Å². The lowest BCUT2D eigenvalue weighted by atomic mass is 9.92. The maximum absolute atomic E-state index is 11.1. The van der Waals surface area contributed by atoms with Crippen LogP contribution in [-0.2, 0) is 4.79 Å². The average molecular weight is 199 g/mol. The van der Waals surface area contributed by atoms with Crippen molar-refractivity contribution in [2.45, 2.75) is 45.6 Å². The van der Waals surface area contributed by atoms with E-state index in [1.54, 1.807) is 13.8 Å². The fourth-order valence-corrected chi connectivity index (χ4v) is 1.04. The third-order valence-corrected chi connectivity index (χ3v) is 2.27. The fraction of sp³-hybridized carbons (Fsp3) is 0.800. The van der Waals surface area contributed by atoms with Crippen molar-refractivity contribution >= 4 is 11.6 Å². The zero-order valence-electron chi connectivity index (χ0n) is 9.34. The maximum atomic E-state index is 11.1. The first-order valence-electron chi connectivity index (χ1n) is 4.92. The molecule has 0 saturated heterocycles. The summed E-state index contributed by atoms with van der Waals surface area (Å²) in [6.45, 7) is 5.79. The highest BCUT2D eigenvalue weighted by Gasteiger charge is 2.22. The Kier molecular flexibility index (Phi) is 5.38. The van der Waals surface area contributed by atoms with E-state index in [4.69, 9.17) is 11.5 Å². The number of carbonyl (C=O) groups excluding carboxylic acids is 1. The van der Waals surface area contributed by atoms with E-state index in [-0.39, 0.29) is 5.78 Å². The number of aliphatic imine (C=N–C) groups is 1. The van der Waals surface area contributed by atoms with Gasteiger partial charge in [0.15, 0.2) is 0 Å². The summed E-state index contributed by atoms with van der Waals surface area (Å²) in [4.78, 5) is 15.1. The number of amidine groups is 1. The van der Waals surface area contributed by atoms with Gasteiger partial charge in [0.05, 0.1) is 11.4 Å². The lowest BCUT2D eigenvalue weighted by Gasteiger charge is -2.20. The molecule has 0 rings (SSSR count). The molecule has 0 fully saturated rings. The Labute approximate surface area is 85.8 Å². The number of carbonyl (C=O) groups is 1. The van der Waals surface area contributed by atoms with Gasteiger partial charge in [0.25, 0.3) is 0 Å². The van der Waals surface area contributed by atoms with Crippen molar-refractivity contribution in [2.24, 2.45) is 16.5 Å². The largest absolute Gasteiger partial charge is 0.388 e. The predicted octanol–water partition coefficient (Wildman–Crippen LogP) is 0.840. The predicted molar refractivity (Wildman–Crippen MR) is 59.3 cm³/mol. The molecule has 0 aliphatic rings. The number of unbranched alkanes of at least 4 members (excludes halogenated alkanes) is 1. The van der Waals surface area contributed by atoms with E-state index in [0.717, 1.165) is 19.4 Å². The normalized spacial score (nSPS) is 16.4. The minimum absolute atomic E-state index is 0.0380. The molecule has 82 valence electrons. The number of hydrogen-bond acceptors (Lipinski definition) is 3. The van der Waals surface area contributed by atoms with Crippen LogP contribution in [0.3, 0.4) is 0 Å². The van der Waals surface area contributed by atoms with Crippen LogP contribution in [0.5, 0.6) is 0 Å². The molecule has 0 amide bonds. The van der Waals surface area contributed by atoms with E-state index in [9.17, 15) is 4.79 Å². The van der Waals surface area contributed by atoms with Crippen LogP contribution in [0.1, 0.15) is 40.0 Å². The molecule has 4 nitrogen and oxygen atoms in total. The standard InChI is InChI=1S/C10H21N3O/c1-8(14)10(3,12)6-4-5-7-13-9(2)11/h4-7,12H2,1-3H3,(H2,11,13). The van der Waals surface area contributed by atoms with E-state index >= 15 is 0 Å². The van der Waals surface area contributed by atoms with Crippen molar-refractivity contribution in [1.82, 2.24) is 0 Å². The summed E-state index contributed by atoms with van der Waals surface area (Å²) >= 11 is 0. The first kappa shape index (κ1) is 13.1. The molecule has 1 atom stereocenters. The molecule has 0 aliphatic carbocycles. The summed E-state index contributed by atoms with van der Waals surface area (Å²) in [5.74, 6) is 0.642. The van der Waals surface area contributed by atoms with Gasteiger partial charge < -0.3 is 11.5 Å². The Hall–Kier alpha value is -0.900. The molecule has 0 aromatic rings. The van der Waals surface area contributed by atoms with E-state index in [1.807, 2.05) is 0 Å². The first-order valence-corrected chi connectivity index (χ1v) is 4.92. The van der Waals surface area contributed by atoms with Crippen molar-refractivity contribution in [1.29, 1.82) is 0 Å². The summed E-state index contributed by atoms with van der Waals surface area (Å²) < 4.78 is 0. The van der Waals surface area contributed by atoms with Gasteiger partial charge in [0.1, 0.15) is 5.78 Å². The Morgan fingerprint density at radius 3 is 2.36 bits per heavy atom. The van der Waals surface area contributed by atoms with Crippen molar-refractivity contribution in [3.05, 3.63) is 0 Å².